The van der Waals surface area contributed by atoms with E-state index in [1.807, 2.05) is 13.8 Å². The van der Waals surface area contributed by atoms with Crippen LogP contribution in [0.5, 0.6) is 0 Å². The van der Waals surface area contributed by atoms with Crippen LogP contribution in [0.25, 0.3) is 0 Å². The Morgan fingerprint density at radius 1 is 1.25 bits per heavy atom. The first-order valence-corrected chi connectivity index (χ1v) is 8.01. The first-order valence-electron chi connectivity index (χ1n) is 8.01. The summed E-state index contributed by atoms with van der Waals surface area (Å²) < 4.78 is 5.17. The molecule has 1 aliphatic carbocycles. The molecule has 1 saturated carbocycles. The van der Waals surface area contributed by atoms with Crippen molar-refractivity contribution >= 4 is 0 Å². The topological polar surface area (TPSA) is 41.3 Å². The second kappa shape index (κ2) is 7.79. The maximum absolute atomic E-state index is 5.17. The third-order valence-electron chi connectivity index (χ3n) is 4.55. The minimum atomic E-state index is 0.825. The average Bonchev–Trinajstić information content (AvgIpc) is 2.79. The average molecular weight is 279 g/mol. The first kappa shape index (κ1) is 15.5. The van der Waals surface area contributed by atoms with Crippen molar-refractivity contribution in [1.29, 1.82) is 0 Å². The summed E-state index contributed by atoms with van der Waals surface area (Å²) in [6, 6.07) is 0.825. The molecule has 0 atom stereocenters. The van der Waals surface area contributed by atoms with E-state index in [4.69, 9.17) is 4.52 Å². The highest BCUT2D eigenvalue weighted by Crippen LogP contribution is 2.21. The van der Waals surface area contributed by atoms with Gasteiger partial charge in [0.15, 0.2) is 0 Å². The highest BCUT2D eigenvalue weighted by molar-refractivity contribution is 5.20. The molecular formula is C16H29N3O. The fourth-order valence-corrected chi connectivity index (χ4v) is 3.13. The second-order valence-corrected chi connectivity index (χ2v) is 6.11. The first-order chi connectivity index (χ1) is 9.68. The van der Waals surface area contributed by atoms with Crippen molar-refractivity contribution in [2.24, 2.45) is 0 Å². The van der Waals surface area contributed by atoms with Gasteiger partial charge in [-0.3, -0.25) is 0 Å². The zero-order valence-electron chi connectivity index (χ0n) is 13.2. The molecule has 1 aromatic heterocycles. The lowest BCUT2D eigenvalue weighted by atomic mass is 9.94. The number of rotatable bonds is 7. The van der Waals surface area contributed by atoms with Crippen LogP contribution in [-0.2, 0) is 6.54 Å². The Bertz CT molecular complexity index is 377. The molecule has 0 aliphatic heterocycles. The highest BCUT2D eigenvalue weighted by Gasteiger charge is 2.17. The fourth-order valence-electron chi connectivity index (χ4n) is 3.13. The molecule has 20 heavy (non-hydrogen) atoms. The lowest BCUT2D eigenvalue weighted by molar-refractivity contribution is 0.189. The number of aryl methyl sites for hydroxylation is 2. The summed E-state index contributed by atoms with van der Waals surface area (Å²) >= 11 is 0. The standard InChI is InChI=1S/C16H29N3O/c1-13-16(14(2)20-18-13)12-17-10-7-11-19(3)15-8-5-4-6-9-15/h15,17H,4-12H2,1-3H3. The van der Waals surface area contributed by atoms with Crippen molar-refractivity contribution < 1.29 is 4.52 Å². The number of hydrogen-bond donors (Lipinski definition) is 1. The lowest BCUT2D eigenvalue weighted by Gasteiger charge is -2.31. The molecule has 4 nitrogen and oxygen atoms in total. The van der Waals surface area contributed by atoms with E-state index in [1.54, 1.807) is 0 Å². The predicted octanol–water partition coefficient (Wildman–Crippen LogP) is 3.04. The molecule has 0 bridgehead atoms. The predicted molar refractivity (Wildman–Crippen MR) is 81.8 cm³/mol. The van der Waals surface area contributed by atoms with Gasteiger partial charge in [-0.15, -0.1) is 0 Å². The fraction of sp³-hybridized carbons (Fsp3) is 0.812. The van der Waals surface area contributed by atoms with E-state index in [0.717, 1.165) is 30.6 Å². The zero-order valence-corrected chi connectivity index (χ0v) is 13.2. The molecule has 0 aromatic carbocycles. The summed E-state index contributed by atoms with van der Waals surface area (Å²) in [4.78, 5) is 2.55. The Labute approximate surface area is 122 Å². The third-order valence-corrected chi connectivity index (χ3v) is 4.55. The van der Waals surface area contributed by atoms with Gasteiger partial charge in [0.1, 0.15) is 5.76 Å². The van der Waals surface area contributed by atoms with Crippen LogP contribution in [0, 0.1) is 13.8 Å². The molecule has 0 radical (unpaired) electrons. The van der Waals surface area contributed by atoms with E-state index in [9.17, 15) is 0 Å². The Kier molecular flexibility index (Phi) is 6.05. The molecule has 1 aromatic rings. The maximum atomic E-state index is 5.17. The third kappa shape index (κ3) is 4.32. The molecular weight excluding hydrogens is 250 g/mol. The van der Waals surface area contributed by atoms with Crippen LogP contribution in [0.1, 0.15) is 55.5 Å². The van der Waals surface area contributed by atoms with Crippen molar-refractivity contribution in [3.8, 4) is 0 Å². The van der Waals surface area contributed by atoms with E-state index in [2.05, 4.69) is 22.4 Å². The normalized spacial score (nSPS) is 17.0. The smallest absolute Gasteiger partial charge is 0.138 e. The largest absolute Gasteiger partial charge is 0.361 e. The van der Waals surface area contributed by atoms with Crippen LogP contribution in [0.15, 0.2) is 4.52 Å². The van der Waals surface area contributed by atoms with Crippen molar-refractivity contribution in [3.05, 3.63) is 17.0 Å². The van der Waals surface area contributed by atoms with Crippen molar-refractivity contribution in [1.82, 2.24) is 15.4 Å². The van der Waals surface area contributed by atoms with Crippen LogP contribution in [0.4, 0.5) is 0 Å². The van der Waals surface area contributed by atoms with Crippen molar-refractivity contribution in [3.63, 3.8) is 0 Å². The Hall–Kier alpha value is -0.870. The molecule has 114 valence electrons. The number of nitrogens with one attached hydrogen (secondary N) is 1. The van der Waals surface area contributed by atoms with Gasteiger partial charge < -0.3 is 14.7 Å². The van der Waals surface area contributed by atoms with Gasteiger partial charge in [-0.2, -0.15) is 0 Å². The lowest BCUT2D eigenvalue weighted by Crippen LogP contribution is -2.35. The van der Waals surface area contributed by atoms with Crippen LogP contribution < -0.4 is 5.32 Å². The van der Waals surface area contributed by atoms with E-state index < -0.39 is 0 Å². The van der Waals surface area contributed by atoms with Crippen LogP contribution in [0.2, 0.25) is 0 Å². The van der Waals surface area contributed by atoms with Gasteiger partial charge >= 0.3 is 0 Å². The minimum absolute atomic E-state index is 0.825. The van der Waals surface area contributed by atoms with Gasteiger partial charge in [-0.1, -0.05) is 24.4 Å². The minimum Gasteiger partial charge on any atom is -0.361 e. The molecule has 2 rings (SSSR count). The summed E-state index contributed by atoms with van der Waals surface area (Å²) in [5, 5.41) is 7.48. The summed E-state index contributed by atoms with van der Waals surface area (Å²) in [7, 11) is 2.28. The van der Waals surface area contributed by atoms with Crippen LogP contribution in [0.3, 0.4) is 0 Å². The molecule has 0 spiro atoms. The quantitative estimate of drug-likeness (QED) is 0.779. The maximum Gasteiger partial charge on any atom is 0.138 e. The number of hydrogen-bond acceptors (Lipinski definition) is 4. The molecule has 4 heteroatoms. The van der Waals surface area contributed by atoms with Gasteiger partial charge in [-0.25, -0.2) is 0 Å². The van der Waals surface area contributed by atoms with Gasteiger partial charge in [0.2, 0.25) is 0 Å². The summed E-state index contributed by atoms with van der Waals surface area (Å²) in [6.07, 6.45) is 8.25. The molecule has 1 fully saturated rings. The van der Waals surface area contributed by atoms with Gasteiger partial charge in [0.05, 0.1) is 5.69 Å². The summed E-state index contributed by atoms with van der Waals surface area (Å²) in [5.74, 6) is 0.939. The van der Waals surface area contributed by atoms with E-state index >= 15 is 0 Å². The number of nitrogens with zero attached hydrogens (tertiary/aromatic N) is 2. The molecule has 0 amide bonds. The van der Waals surface area contributed by atoms with Gasteiger partial charge in [0, 0.05) is 18.2 Å². The Morgan fingerprint density at radius 3 is 2.65 bits per heavy atom. The van der Waals surface area contributed by atoms with Crippen LogP contribution >= 0.6 is 0 Å². The molecule has 1 N–H and O–H groups in total. The second-order valence-electron chi connectivity index (χ2n) is 6.11. The van der Waals surface area contributed by atoms with Gasteiger partial charge in [-0.05, 0) is 53.2 Å². The zero-order chi connectivity index (χ0) is 14.4. The molecule has 1 heterocycles. The van der Waals surface area contributed by atoms with E-state index in [-0.39, 0.29) is 0 Å². The van der Waals surface area contributed by atoms with Crippen molar-refractivity contribution in [2.75, 3.05) is 20.1 Å². The van der Waals surface area contributed by atoms with Crippen LogP contribution in [-0.4, -0.2) is 36.2 Å². The Balaban J connectivity index is 1.59. The SMILES string of the molecule is Cc1noc(C)c1CNCCCN(C)C1CCCCC1. The monoisotopic (exact) mass is 279 g/mol. The Morgan fingerprint density at radius 2 is 2.00 bits per heavy atom. The summed E-state index contributed by atoms with van der Waals surface area (Å²) in [5.41, 5.74) is 2.22. The number of aromatic nitrogens is 1. The van der Waals surface area contributed by atoms with Gasteiger partial charge in [0.25, 0.3) is 0 Å². The molecule has 0 saturated heterocycles. The highest BCUT2D eigenvalue weighted by atomic mass is 16.5. The molecule has 1 aliphatic rings. The van der Waals surface area contributed by atoms with Crippen molar-refractivity contribution in [2.45, 2.75) is 65.0 Å². The molecule has 0 unspecified atom stereocenters. The van der Waals surface area contributed by atoms with E-state index in [0.29, 0.717) is 0 Å². The summed E-state index contributed by atoms with van der Waals surface area (Å²) in [6.45, 7) is 7.10. The van der Waals surface area contributed by atoms with E-state index in [1.165, 1.54) is 50.6 Å².